The van der Waals surface area contributed by atoms with Gasteiger partial charge < -0.3 is 26.2 Å². The highest BCUT2D eigenvalue weighted by Crippen LogP contribution is 2.38. The molecule has 27 heavy (non-hydrogen) atoms. The SMILES string of the molecule is N[C@@]1(C(=O)O)CN(S(=O)(=O)N(C2CC2)[C@H]2CCNC2)C[C@@H]1CCCB(O)O. The largest absolute Gasteiger partial charge is 0.480 e. The van der Waals surface area contributed by atoms with Crippen LogP contribution in [0.2, 0.25) is 6.32 Å². The van der Waals surface area contributed by atoms with Gasteiger partial charge in [-0.25, -0.2) is 0 Å². The maximum absolute atomic E-state index is 13.3. The van der Waals surface area contributed by atoms with Crippen molar-refractivity contribution in [3.8, 4) is 0 Å². The van der Waals surface area contributed by atoms with Crippen LogP contribution in [0.4, 0.5) is 0 Å². The summed E-state index contributed by atoms with van der Waals surface area (Å²) in [7, 11) is -5.28. The Balaban J connectivity index is 1.77. The molecular weight excluding hydrogens is 375 g/mol. The Labute approximate surface area is 160 Å². The Morgan fingerprint density at radius 1 is 1.30 bits per heavy atom. The number of rotatable bonds is 9. The lowest BCUT2D eigenvalue weighted by molar-refractivity contribution is -0.144. The molecule has 2 saturated heterocycles. The van der Waals surface area contributed by atoms with Crippen molar-refractivity contribution in [3.63, 3.8) is 0 Å². The molecule has 154 valence electrons. The van der Waals surface area contributed by atoms with E-state index in [9.17, 15) is 18.3 Å². The number of nitrogens with two attached hydrogens (primary N) is 1. The van der Waals surface area contributed by atoms with Gasteiger partial charge in [0.05, 0.1) is 0 Å². The van der Waals surface area contributed by atoms with Crippen molar-refractivity contribution in [2.45, 2.75) is 56.0 Å². The molecule has 6 N–H and O–H groups in total. The zero-order valence-corrected chi connectivity index (χ0v) is 16.1. The smallest absolute Gasteiger partial charge is 0.451 e. The average molecular weight is 404 g/mol. The van der Waals surface area contributed by atoms with Gasteiger partial charge in [-0.1, -0.05) is 6.42 Å². The first-order valence-electron chi connectivity index (χ1n) is 9.54. The molecule has 0 aromatic heterocycles. The summed E-state index contributed by atoms with van der Waals surface area (Å²) in [6.07, 6.45) is 3.18. The minimum absolute atomic E-state index is 0.0134. The Kier molecular flexibility index (Phi) is 6.16. The molecule has 1 aliphatic carbocycles. The van der Waals surface area contributed by atoms with Crippen LogP contribution in [0.1, 0.15) is 32.1 Å². The van der Waals surface area contributed by atoms with Gasteiger partial charge in [-0.2, -0.15) is 17.0 Å². The standard InChI is InChI=1S/C15H29BN4O6S/c17-15(14(21)22)10-19(9-11(15)2-1-6-16(23)24)27(25,26)20(12-3-4-12)13-5-7-18-8-13/h11-13,18,23-24H,1-10,17H2,(H,21,22)/t11-,13-,15-/m0/s1. The summed E-state index contributed by atoms with van der Waals surface area (Å²) in [4.78, 5) is 11.8. The molecule has 0 aromatic rings. The quantitative estimate of drug-likeness (QED) is 0.277. The summed E-state index contributed by atoms with van der Waals surface area (Å²) in [5.41, 5.74) is 4.46. The first kappa shape index (κ1) is 21.0. The van der Waals surface area contributed by atoms with Gasteiger partial charge in [0, 0.05) is 37.6 Å². The molecule has 12 heteroatoms. The summed E-state index contributed by atoms with van der Waals surface area (Å²) >= 11 is 0. The van der Waals surface area contributed by atoms with E-state index in [-0.39, 0.29) is 31.5 Å². The fourth-order valence-electron chi connectivity index (χ4n) is 4.20. The molecule has 2 heterocycles. The molecule has 0 bridgehead atoms. The molecule has 3 fully saturated rings. The first-order chi connectivity index (χ1) is 12.7. The topological polar surface area (TPSA) is 156 Å². The van der Waals surface area contributed by atoms with E-state index in [4.69, 9.17) is 15.8 Å². The molecule has 3 aliphatic rings. The fraction of sp³-hybridized carbons (Fsp3) is 0.933. The van der Waals surface area contributed by atoms with E-state index in [0.29, 0.717) is 19.4 Å². The summed E-state index contributed by atoms with van der Waals surface area (Å²) in [6.45, 7) is 1.15. The predicted molar refractivity (Wildman–Crippen MR) is 98.9 cm³/mol. The van der Waals surface area contributed by atoms with Gasteiger partial charge in [-0.05, 0) is 38.5 Å². The van der Waals surface area contributed by atoms with Crippen LogP contribution in [0.25, 0.3) is 0 Å². The lowest BCUT2D eigenvalue weighted by Gasteiger charge is -2.32. The molecule has 0 amide bonds. The van der Waals surface area contributed by atoms with Gasteiger partial charge >= 0.3 is 13.1 Å². The van der Waals surface area contributed by atoms with Crippen molar-refractivity contribution in [1.29, 1.82) is 0 Å². The minimum atomic E-state index is -3.82. The van der Waals surface area contributed by atoms with Gasteiger partial charge in [-0.15, -0.1) is 0 Å². The van der Waals surface area contributed by atoms with Crippen LogP contribution in [0.5, 0.6) is 0 Å². The lowest BCUT2D eigenvalue weighted by Crippen LogP contribution is -2.56. The Hall–Kier alpha value is -0.755. The van der Waals surface area contributed by atoms with Gasteiger partial charge in [0.1, 0.15) is 5.54 Å². The lowest BCUT2D eigenvalue weighted by atomic mass is 9.78. The van der Waals surface area contributed by atoms with E-state index in [0.717, 1.165) is 25.8 Å². The number of carbonyl (C=O) groups is 1. The normalized spacial score (nSPS) is 32.3. The van der Waals surface area contributed by atoms with Crippen molar-refractivity contribution in [1.82, 2.24) is 13.9 Å². The molecule has 0 spiro atoms. The molecule has 2 aliphatic heterocycles. The summed E-state index contributed by atoms with van der Waals surface area (Å²) in [6, 6.07) is -0.122. The van der Waals surface area contributed by atoms with Gasteiger partial charge in [0.25, 0.3) is 10.2 Å². The Morgan fingerprint density at radius 3 is 2.52 bits per heavy atom. The van der Waals surface area contributed by atoms with Crippen molar-refractivity contribution in [2.75, 3.05) is 26.2 Å². The monoisotopic (exact) mass is 404 g/mol. The third kappa shape index (κ3) is 4.31. The van der Waals surface area contributed by atoms with Crippen molar-refractivity contribution < 1.29 is 28.4 Å². The maximum atomic E-state index is 13.3. The fourth-order valence-corrected chi connectivity index (χ4v) is 6.36. The van der Waals surface area contributed by atoms with E-state index in [2.05, 4.69) is 5.32 Å². The van der Waals surface area contributed by atoms with Crippen molar-refractivity contribution in [3.05, 3.63) is 0 Å². The first-order valence-corrected chi connectivity index (χ1v) is 10.9. The number of carboxylic acid groups (broad SMARTS) is 1. The third-order valence-corrected chi connectivity index (χ3v) is 7.96. The second kappa shape index (κ2) is 7.93. The zero-order valence-electron chi connectivity index (χ0n) is 15.3. The van der Waals surface area contributed by atoms with Crippen LogP contribution in [0.3, 0.4) is 0 Å². The molecule has 0 radical (unpaired) electrons. The number of hydrogen-bond acceptors (Lipinski definition) is 7. The molecule has 10 nitrogen and oxygen atoms in total. The van der Waals surface area contributed by atoms with Crippen LogP contribution in [0.15, 0.2) is 0 Å². The second-order valence-electron chi connectivity index (χ2n) is 7.96. The van der Waals surface area contributed by atoms with E-state index in [1.807, 2.05) is 0 Å². The highest BCUT2D eigenvalue weighted by molar-refractivity contribution is 7.86. The number of nitrogens with zero attached hydrogens (tertiary/aromatic N) is 2. The molecule has 0 unspecified atom stereocenters. The van der Waals surface area contributed by atoms with Crippen LogP contribution < -0.4 is 11.1 Å². The number of carboxylic acids is 1. The van der Waals surface area contributed by atoms with Gasteiger partial charge in [-0.3, -0.25) is 4.79 Å². The second-order valence-corrected chi connectivity index (χ2v) is 9.80. The van der Waals surface area contributed by atoms with Gasteiger partial charge in [0.2, 0.25) is 0 Å². The number of nitrogens with one attached hydrogen (secondary N) is 1. The highest BCUT2D eigenvalue weighted by Gasteiger charge is 2.55. The minimum Gasteiger partial charge on any atom is -0.480 e. The molecular formula is C15H29BN4O6S. The maximum Gasteiger partial charge on any atom is 0.451 e. The van der Waals surface area contributed by atoms with Gasteiger partial charge in [0.15, 0.2) is 0 Å². The van der Waals surface area contributed by atoms with Crippen LogP contribution in [-0.4, -0.2) is 89.1 Å². The molecule has 3 atom stereocenters. The zero-order chi connectivity index (χ0) is 19.8. The van der Waals surface area contributed by atoms with Crippen LogP contribution in [-0.2, 0) is 15.0 Å². The summed E-state index contributed by atoms with van der Waals surface area (Å²) in [5, 5.41) is 30.8. The van der Waals surface area contributed by atoms with E-state index in [1.54, 1.807) is 4.31 Å². The summed E-state index contributed by atoms with van der Waals surface area (Å²) in [5.74, 6) is -1.80. The van der Waals surface area contributed by atoms with Crippen molar-refractivity contribution in [2.24, 2.45) is 11.7 Å². The van der Waals surface area contributed by atoms with E-state index in [1.165, 1.54) is 4.31 Å². The molecule has 1 saturated carbocycles. The third-order valence-electron chi connectivity index (χ3n) is 5.90. The predicted octanol–water partition coefficient (Wildman–Crippen LogP) is -1.98. The average Bonchev–Trinajstić information content (AvgIpc) is 3.11. The van der Waals surface area contributed by atoms with E-state index < -0.39 is 34.8 Å². The van der Waals surface area contributed by atoms with Crippen LogP contribution in [0, 0.1) is 5.92 Å². The molecule has 0 aromatic carbocycles. The summed E-state index contributed by atoms with van der Waals surface area (Å²) < 4.78 is 29.5. The Bertz CT molecular complexity index is 655. The van der Waals surface area contributed by atoms with Crippen molar-refractivity contribution >= 4 is 23.3 Å². The van der Waals surface area contributed by atoms with Crippen LogP contribution >= 0.6 is 0 Å². The Morgan fingerprint density at radius 2 is 2.00 bits per heavy atom. The number of hydrogen-bond donors (Lipinski definition) is 5. The highest BCUT2D eigenvalue weighted by atomic mass is 32.2. The number of aliphatic carboxylic acids is 1. The molecule has 3 rings (SSSR count). The van der Waals surface area contributed by atoms with E-state index >= 15 is 0 Å².